The van der Waals surface area contributed by atoms with E-state index in [2.05, 4.69) is 0 Å². The molecule has 28 heavy (non-hydrogen) atoms. The normalized spacial score (nSPS) is 24.8. The van der Waals surface area contributed by atoms with Crippen LogP contribution in [0.4, 0.5) is 4.79 Å². The van der Waals surface area contributed by atoms with Gasteiger partial charge < -0.3 is 38.8 Å². The fourth-order valence-corrected chi connectivity index (χ4v) is 2.72. The van der Waals surface area contributed by atoms with Gasteiger partial charge in [-0.3, -0.25) is 0 Å². The molecule has 10 nitrogen and oxygen atoms in total. The molecule has 1 aliphatic rings. The highest BCUT2D eigenvalue weighted by molar-refractivity contribution is 5.82. The van der Waals surface area contributed by atoms with Crippen molar-refractivity contribution in [2.75, 3.05) is 20.7 Å². The molecule has 0 radical (unpaired) electrons. The van der Waals surface area contributed by atoms with Crippen LogP contribution in [0.1, 0.15) is 6.42 Å². The molecule has 3 N–H and O–H groups in total. The van der Waals surface area contributed by atoms with E-state index in [1.807, 2.05) is 0 Å². The Balaban J connectivity index is 1.94. The van der Waals surface area contributed by atoms with E-state index >= 15 is 0 Å². The van der Waals surface area contributed by atoms with Gasteiger partial charge in [0, 0.05) is 38.0 Å². The number of ether oxygens (including phenoxy) is 3. The van der Waals surface area contributed by atoms with Crippen LogP contribution in [0.15, 0.2) is 33.5 Å². The zero-order valence-corrected chi connectivity index (χ0v) is 15.3. The largest absolute Gasteiger partial charge is 0.461 e. The summed E-state index contributed by atoms with van der Waals surface area (Å²) in [6, 6.07) is 5.58. The van der Waals surface area contributed by atoms with E-state index < -0.39 is 42.9 Å². The van der Waals surface area contributed by atoms with Crippen LogP contribution in [0, 0.1) is 0 Å². The van der Waals surface area contributed by atoms with Gasteiger partial charge in [-0.15, -0.1) is 0 Å². The highest BCUT2D eigenvalue weighted by Crippen LogP contribution is 2.35. The number of benzene rings is 1. The lowest BCUT2D eigenvalue weighted by molar-refractivity contribution is -0.230. The predicted molar refractivity (Wildman–Crippen MR) is 95.2 cm³/mol. The number of aliphatic hydroxyl groups is 3. The van der Waals surface area contributed by atoms with E-state index in [9.17, 15) is 24.9 Å². The van der Waals surface area contributed by atoms with E-state index in [-0.39, 0.29) is 23.5 Å². The van der Waals surface area contributed by atoms with Crippen molar-refractivity contribution in [3.8, 4) is 11.5 Å². The summed E-state index contributed by atoms with van der Waals surface area (Å²) in [5.74, 6) is 0.0761. The molecular weight excluding hydrogens is 374 g/mol. The lowest BCUT2D eigenvalue weighted by Crippen LogP contribution is -2.51. The lowest BCUT2D eigenvalue weighted by atomic mass is 10.0. The predicted octanol–water partition coefficient (Wildman–Crippen LogP) is 0.0613. The van der Waals surface area contributed by atoms with Crippen LogP contribution in [0.3, 0.4) is 0 Å². The molecule has 1 amide bonds. The van der Waals surface area contributed by atoms with Crippen LogP contribution in [-0.2, 0) is 4.74 Å². The lowest BCUT2D eigenvalue weighted by Gasteiger charge is -2.36. The van der Waals surface area contributed by atoms with Crippen LogP contribution in [0.5, 0.6) is 11.5 Å². The van der Waals surface area contributed by atoms with Crippen molar-refractivity contribution in [2.24, 2.45) is 0 Å². The topological polar surface area (TPSA) is 139 Å². The molecule has 0 bridgehead atoms. The number of carbonyl (C=O) groups is 1. The highest BCUT2D eigenvalue weighted by atomic mass is 16.7. The second-order valence-corrected chi connectivity index (χ2v) is 6.55. The standard InChI is InChI=1S/C18H21NO9/c1-19(2)18(24)28-13-7-11-9(3-4-15(22)25-11)5-12(13)26-16-6-10(21)17(23)14(8-20)27-16/h3-5,7,10,14,16-17,20-21,23H,6,8H2,1-2H3/t10-,14-,16-,17+/m1/s1. The number of amides is 1. The third-order valence-corrected chi connectivity index (χ3v) is 4.22. The van der Waals surface area contributed by atoms with Gasteiger partial charge in [0.05, 0.1) is 12.7 Å². The molecule has 1 saturated heterocycles. The molecule has 0 unspecified atom stereocenters. The first-order valence-corrected chi connectivity index (χ1v) is 8.54. The zero-order valence-electron chi connectivity index (χ0n) is 15.3. The highest BCUT2D eigenvalue weighted by Gasteiger charge is 2.37. The third kappa shape index (κ3) is 4.25. The Morgan fingerprint density at radius 2 is 2.00 bits per heavy atom. The summed E-state index contributed by atoms with van der Waals surface area (Å²) >= 11 is 0. The molecule has 10 heteroatoms. The minimum atomic E-state index is -1.25. The van der Waals surface area contributed by atoms with Gasteiger partial charge in [0.1, 0.15) is 17.8 Å². The average molecular weight is 395 g/mol. The van der Waals surface area contributed by atoms with Crippen LogP contribution in [-0.4, -0.2) is 71.6 Å². The monoisotopic (exact) mass is 395 g/mol. The van der Waals surface area contributed by atoms with Crippen LogP contribution in [0.25, 0.3) is 11.0 Å². The fourth-order valence-electron chi connectivity index (χ4n) is 2.72. The maximum absolute atomic E-state index is 12.0. The van der Waals surface area contributed by atoms with E-state index in [1.54, 1.807) is 0 Å². The fraction of sp³-hybridized carbons (Fsp3) is 0.444. The van der Waals surface area contributed by atoms with Crippen molar-refractivity contribution in [1.82, 2.24) is 4.90 Å². The molecule has 2 aromatic rings. The molecule has 1 aliphatic heterocycles. The van der Waals surface area contributed by atoms with Gasteiger partial charge in [-0.1, -0.05) is 0 Å². The molecule has 0 saturated carbocycles. The summed E-state index contributed by atoms with van der Waals surface area (Å²) in [7, 11) is 3.00. The van der Waals surface area contributed by atoms with Crippen molar-refractivity contribution in [3.63, 3.8) is 0 Å². The quantitative estimate of drug-likeness (QED) is 0.613. The molecule has 3 rings (SSSR count). The first-order valence-electron chi connectivity index (χ1n) is 8.54. The van der Waals surface area contributed by atoms with Crippen LogP contribution < -0.4 is 15.1 Å². The van der Waals surface area contributed by atoms with Crippen LogP contribution in [0.2, 0.25) is 0 Å². The number of fused-ring (bicyclic) bond motifs is 1. The minimum absolute atomic E-state index is 0.0229. The first kappa shape index (κ1) is 20.1. The van der Waals surface area contributed by atoms with Gasteiger partial charge in [0.25, 0.3) is 0 Å². The number of nitrogens with zero attached hydrogens (tertiary/aromatic N) is 1. The van der Waals surface area contributed by atoms with E-state index in [0.717, 1.165) is 0 Å². The Labute approximate surface area is 159 Å². The average Bonchev–Trinajstić information content (AvgIpc) is 2.64. The van der Waals surface area contributed by atoms with Crippen molar-refractivity contribution in [2.45, 2.75) is 31.0 Å². The second kappa shape index (κ2) is 8.15. The molecule has 152 valence electrons. The smallest absolute Gasteiger partial charge is 0.414 e. The van der Waals surface area contributed by atoms with E-state index in [4.69, 9.17) is 18.6 Å². The Morgan fingerprint density at radius 1 is 1.25 bits per heavy atom. The molecule has 1 fully saturated rings. The molecule has 1 aromatic heterocycles. The Morgan fingerprint density at radius 3 is 2.68 bits per heavy atom. The van der Waals surface area contributed by atoms with Crippen molar-refractivity contribution < 1.29 is 38.7 Å². The maximum atomic E-state index is 12.0. The SMILES string of the molecule is CN(C)C(=O)Oc1cc2oc(=O)ccc2cc1O[C@H]1C[C@@H](O)[C@H](O)[C@@H](CO)O1. The minimum Gasteiger partial charge on any atom is -0.461 e. The maximum Gasteiger partial charge on any atom is 0.414 e. The molecule has 0 spiro atoms. The summed E-state index contributed by atoms with van der Waals surface area (Å²) in [4.78, 5) is 24.6. The molecular formula is C18H21NO9. The van der Waals surface area contributed by atoms with Gasteiger partial charge in [0.2, 0.25) is 6.29 Å². The Hall–Kier alpha value is -2.66. The van der Waals surface area contributed by atoms with E-state index in [0.29, 0.717) is 5.39 Å². The van der Waals surface area contributed by atoms with Gasteiger partial charge in [0.15, 0.2) is 11.5 Å². The first-order chi connectivity index (χ1) is 13.3. The Kier molecular flexibility index (Phi) is 5.84. The molecule has 2 heterocycles. The van der Waals surface area contributed by atoms with Crippen molar-refractivity contribution >= 4 is 17.1 Å². The molecule has 1 aromatic carbocycles. The van der Waals surface area contributed by atoms with Gasteiger partial charge in [-0.25, -0.2) is 9.59 Å². The van der Waals surface area contributed by atoms with E-state index in [1.165, 1.54) is 43.3 Å². The van der Waals surface area contributed by atoms with Gasteiger partial charge in [-0.05, 0) is 12.1 Å². The van der Waals surface area contributed by atoms with Crippen molar-refractivity contribution in [1.29, 1.82) is 0 Å². The van der Waals surface area contributed by atoms with Gasteiger partial charge >= 0.3 is 11.7 Å². The zero-order chi connectivity index (χ0) is 20.4. The molecule has 4 atom stereocenters. The number of carbonyl (C=O) groups excluding carboxylic acids is 1. The second-order valence-electron chi connectivity index (χ2n) is 6.55. The number of rotatable bonds is 4. The van der Waals surface area contributed by atoms with Crippen LogP contribution >= 0.6 is 0 Å². The van der Waals surface area contributed by atoms with Crippen molar-refractivity contribution in [3.05, 3.63) is 34.7 Å². The molecule has 0 aliphatic carbocycles. The van der Waals surface area contributed by atoms with Gasteiger partial charge in [-0.2, -0.15) is 0 Å². The summed E-state index contributed by atoms with van der Waals surface area (Å²) in [5.41, 5.74) is -0.376. The Bertz CT molecular complexity index is 910. The summed E-state index contributed by atoms with van der Waals surface area (Å²) < 4.78 is 21.6. The number of aliphatic hydroxyl groups excluding tert-OH is 3. The summed E-state index contributed by atoms with van der Waals surface area (Å²) in [6.07, 6.45) is -5.21. The third-order valence-electron chi connectivity index (χ3n) is 4.22. The number of hydrogen-bond acceptors (Lipinski definition) is 9. The number of hydrogen-bond donors (Lipinski definition) is 3. The summed E-state index contributed by atoms with van der Waals surface area (Å²) in [5, 5.41) is 29.6. The summed E-state index contributed by atoms with van der Waals surface area (Å²) in [6.45, 7) is -0.510.